The molecule has 1 saturated carbocycles. The first-order valence-corrected chi connectivity index (χ1v) is 15.0. The van der Waals surface area contributed by atoms with E-state index in [1.54, 1.807) is 73.7 Å². The fourth-order valence-electron chi connectivity index (χ4n) is 4.83. The predicted octanol–water partition coefficient (Wildman–Crippen LogP) is 5.40. The van der Waals surface area contributed by atoms with Gasteiger partial charge >= 0.3 is 0 Å². The summed E-state index contributed by atoms with van der Waals surface area (Å²) in [5.74, 6) is -0.751. The van der Waals surface area contributed by atoms with Crippen LogP contribution >= 0.6 is 11.6 Å². The smallest absolute Gasteiger partial charge is 0.264 e. The summed E-state index contributed by atoms with van der Waals surface area (Å²) in [6, 6.07) is 22.9. The van der Waals surface area contributed by atoms with E-state index in [1.165, 1.54) is 17.0 Å². The van der Waals surface area contributed by atoms with Crippen molar-refractivity contribution in [1.29, 1.82) is 0 Å². The molecule has 39 heavy (non-hydrogen) atoms. The number of amides is 2. The van der Waals surface area contributed by atoms with Gasteiger partial charge < -0.3 is 10.2 Å². The molecule has 1 N–H and O–H groups in total. The Bertz CT molecular complexity index is 1360. The van der Waals surface area contributed by atoms with Gasteiger partial charge in [-0.25, -0.2) is 8.42 Å². The Labute approximate surface area is 235 Å². The highest BCUT2D eigenvalue weighted by molar-refractivity contribution is 7.92. The Morgan fingerprint density at radius 2 is 1.56 bits per heavy atom. The van der Waals surface area contributed by atoms with Crippen molar-refractivity contribution in [1.82, 2.24) is 10.2 Å². The summed E-state index contributed by atoms with van der Waals surface area (Å²) in [5, 5.41) is 3.61. The summed E-state index contributed by atoms with van der Waals surface area (Å²) >= 11 is 6.20. The molecule has 9 heteroatoms. The summed E-state index contributed by atoms with van der Waals surface area (Å²) in [5.41, 5.74) is 1.10. The number of benzene rings is 3. The third-order valence-electron chi connectivity index (χ3n) is 7.02. The maximum absolute atomic E-state index is 13.9. The van der Waals surface area contributed by atoms with Crippen LogP contribution < -0.4 is 9.62 Å². The van der Waals surface area contributed by atoms with Crippen molar-refractivity contribution in [2.75, 3.05) is 10.8 Å². The standard InChI is InChI=1S/C30H34ClN3O4S/c1-23(30(36)32-26-14-5-2-6-15-26)33(21-24-12-11-13-25(31)20-24)29(35)22-34(27-16-7-3-8-17-27)39(37,38)28-18-9-4-10-19-28/h3-4,7-13,16-20,23,26H,2,5-6,14-15,21-22H2,1H3,(H,32,36). The third kappa shape index (κ3) is 7.40. The molecule has 3 aromatic rings. The molecule has 7 nitrogen and oxygen atoms in total. The molecule has 0 radical (unpaired) electrons. The van der Waals surface area contributed by atoms with E-state index in [4.69, 9.17) is 11.6 Å². The molecule has 3 aromatic carbocycles. The number of sulfonamides is 1. The second kappa shape index (κ2) is 13.1. The van der Waals surface area contributed by atoms with Crippen LogP contribution in [0.25, 0.3) is 0 Å². The Morgan fingerprint density at radius 1 is 0.923 bits per heavy atom. The summed E-state index contributed by atoms with van der Waals surface area (Å²) in [6.45, 7) is 1.31. The van der Waals surface area contributed by atoms with Crippen molar-refractivity contribution in [3.05, 3.63) is 95.5 Å². The van der Waals surface area contributed by atoms with Gasteiger partial charge in [0.15, 0.2) is 0 Å². The van der Waals surface area contributed by atoms with Crippen LogP contribution in [-0.4, -0.2) is 43.8 Å². The molecule has 1 aliphatic carbocycles. The monoisotopic (exact) mass is 567 g/mol. The summed E-state index contributed by atoms with van der Waals surface area (Å²) in [4.78, 5) is 28.8. The van der Waals surface area contributed by atoms with E-state index in [-0.39, 0.29) is 23.4 Å². The van der Waals surface area contributed by atoms with E-state index in [0.717, 1.165) is 42.0 Å². The second-order valence-corrected chi connectivity index (χ2v) is 12.1. The van der Waals surface area contributed by atoms with E-state index in [2.05, 4.69) is 5.32 Å². The first-order chi connectivity index (χ1) is 18.8. The molecule has 0 aromatic heterocycles. The lowest BCUT2D eigenvalue weighted by molar-refractivity contribution is -0.139. The molecule has 1 unspecified atom stereocenters. The highest BCUT2D eigenvalue weighted by atomic mass is 35.5. The highest BCUT2D eigenvalue weighted by Crippen LogP contribution is 2.25. The summed E-state index contributed by atoms with van der Waals surface area (Å²) in [6.07, 6.45) is 5.11. The van der Waals surface area contributed by atoms with Crippen molar-refractivity contribution in [3.8, 4) is 0 Å². The van der Waals surface area contributed by atoms with Crippen LogP contribution in [0.5, 0.6) is 0 Å². The molecule has 0 heterocycles. The number of para-hydroxylation sites is 1. The molecule has 0 bridgehead atoms. The molecule has 2 amide bonds. The number of carbonyl (C=O) groups is 2. The number of hydrogen-bond donors (Lipinski definition) is 1. The molecule has 1 fully saturated rings. The van der Waals surface area contributed by atoms with Crippen LogP contribution in [0.4, 0.5) is 5.69 Å². The van der Waals surface area contributed by atoms with Crippen LogP contribution in [0.3, 0.4) is 0 Å². The third-order valence-corrected chi connectivity index (χ3v) is 9.04. The zero-order valence-electron chi connectivity index (χ0n) is 22.0. The van der Waals surface area contributed by atoms with E-state index in [9.17, 15) is 18.0 Å². The van der Waals surface area contributed by atoms with Crippen molar-refractivity contribution >= 4 is 39.1 Å². The number of hydrogen-bond acceptors (Lipinski definition) is 4. The number of nitrogens with one attached hydrogen (secondary N) is 1. The molecule has 1 aliphatic rings. The fraction of sp³-hybridized carbons (Fsp3) is 0.333. The average Bonchev–Trinajstić information content (AvgIpc) is 2.95. The van der Waals surface area contributed by atoms with E-state index in [0.29, 0.717) is 10.7 Å². The Hall–Kier alpha value is -3.36. The predicted molar refractivity (Wildman–Crippen MR) is 154 cm³/mol. The molecule has 0 spiro atoms. The maximum atomic E-state index is 13.9. The van der Waals surface area contributed by atoms with Gasteiger partial charge in [-0.15, -0.1) is 0 Å². The van der Waals surface area contributed by atoms with Gasteiger partial charge in [0.1, 0.15) is 12.6 Å². The van der Waals surface area contributed by atoms with Gasteiger partial charge in [0.2, 0.25) is 11.8 Å². The molecule has 4 rings (SSSR count). The number of rotatable bonds is 10. The topological polar surface area (TPSA) is 86.8 Å². The minimum Gasteiger partial charge on any atom is -0.352 e. The lowest BCUT2D eigenvalue weighted by Gasteiger charge is -2.33. The first-order valence-electron chi connectivity index (χ1n) is 13.2. The second-order valence-electron chi connectivity index (χ2n) is 9.83. The van der Waals surface area contributed by atoms with Crippen LogP contribution in [0.1, 0.15) is 44.6 Å². The highest BCUT2D eigenvalue weighted by Gasteiger charge is 2.33. The quantitative estimate of drug-likeness (QED) is 0.355. The van der Waals surface area contributed by atoms with Gasteiger partial charge in [-0.2, -0.15) is 0 Å². The van der Waals surface area contributed by atoms with E-state index in [1.807, 2.05) is 6.07 Å². The lowest BCUT2D eigenvalue weighted by atomic mass is 9.95. The molecular formula is C30H34ClN3O4S. The first kappa shape index (κ1) is 28.6. The maximum Gasteiger partial charge on any atom is 0.264 e. The van der Waals surface area contributed by atoms with Gasteiger partial charge in [-0.1, -0.05) is 79.4 Å². The molecule has 0 saturated heterocycles. The number of carbonyl (C=O) groups excluding carboxylic acids is 2. The molecule has 206 valence electrons. The van der Waals surface area contributed by atoms with Crippen LogP contribution in [0.2, 0.25) is 5.02 Å². The zero-order chi connectivity index (χ0) is 27.8. The number of anilines is 1. The zero-order valence-corrected chi connectivity index (χ0v) is 23.6. The SMILES string of the molecule is CC(C(=O)NC1CCCCC1)N(Cc1cccc(Cl)c1)C(=O)CN(c1ccccc1)S(=O)(=O)c1ccccc1. The minimum absolute atomic E-state index is 0.0751. The number of halogens is 1. The fourth-order valence-corrected chi connectivity index (χ4v) is 6.47. The summed E-state index contributed by atoms with van der Waals surface area (Å²) in [7, 11) is -4.07. The Kier molecular flexibility index (Phi) is 9.64. The van der Waals surface area contributed by atoms with Crippen molar-refractivity contribution < 1.29 is 18.0 Å². The van der Waals surface area contributed by atoms with Gasteiger partial charge in [-0.3, -0.25) is 13.9 Å². The van der Waals surface area contributed by atoms with Crippen molar-refractivity contribution in [2.24, 2.45) is 0 Å². The average molecular weight is 568 g/mol. The molecule has 0 aliphatic heterocycles. The van der Waals surface area contributed by atoms with Gasteiger partial charge in [0.25, 0.3) is 10.0 Å². The summed E-state index contributed by atoms with van der Waals surface area (Å²) < 4.78 is 28.5. The van der Waals surface area contributed by atoms with Crippen molar-refractivity contribution in [2.45, 2.75) is 62.6 Å². The Morgan fingerprint density at radius 3 is 2.21 bits per heavy atom. The van der Waals surface area contributed by atoms with Gasteiger partial charge in [0.05, 0.1) is 10.6 Å². The van der Waals surface area contributed by atoms with Crippen LogP contribution in [0.15, 0.2) is 89.8 Å². The van der Waals surface area contributed by atoms with Crippen molar-refractivity contribution in [3.63, 3.8) is 0 Å². The van der Waals surface area contributed by atoms with E-state index < -0.39 is 28.5 Å². The van der Waals surface area contributed by atoms with E-state index >= 15 is 0 Å². The minimum atomic E-state index is -4.07. The van der Waals surface area contributed by atoms with Crippen LogP contribution in [0, 0.1) is 0 Å². The molecule has 1 atom stereocenters. The number of nitrogens with zero attached hydrogens (tertiary/aromatic N) is 2. The van der Waals surface area contributed by atoms with Gasteiger partial charge in [-0.05, 0) is 61.7 Å². The van der Waals surface area contributed by atoms with Crippen LogP contribution in [-0.2, 0) is 26.2 Å². The molecular weight excluding hydrogens is 534 g/mol. The normalized spacial score (nSPS) is 14.8. The Balaban J connectivity index is 1.65. The lowest BCUT2D eigenvalue weighted by Crippen LogP contribution is -2.53. The largest absolute Gasteiger partial charge is 0.352 e. The van der Waals surface area contributed by atoms with Gasteiger partial charge in [0, 0.05) is 17.6 Å².